The van der Waals surface area contributed by atoms with Gasteiger partial charge in [-0.25, -0.2) is 4.39 Å². The molecular formula is C14H11ClFN. The summed E-state index contributed by atoms with van der Waals surface area (Å²) in [5, 5.41) is 3.74. The Balaban J connectivity index is 2.07. The quantitative estimate of drug-likeness (QED) is 0.811. The van der Waals surface area contributed by atoms with Crippen LogP contribution >= 0.6 is 11.6 Å². The fourth-order valence-corrected chi connectivity index (χ4v) is 2.47. The van der Waals surface area contributed by atoms with Crippen LogP contribution in [0.2, 0.25) is 5.02 Å². The van der Waals surface area contributed by atoms with Gasteiger partial charge in [-0.05, 0) is 23.3 Å². The molecule has 2 aromatic carbocycles. The molecule has 3 heteroatoms. The average molecular weight is 248 g/mol. The number of rotatable bonds is 1. The zero-order valence-corrected chi connectivity index (χ0v) is 9.84. The normalized spacial score (nSPS) is 18.1. The van der Waals surface area contributed by atoms with Gasteiger partial charge < -0.3 is 5.32 Å². The molecule has 0 radical (unpaired) electrons. The lowest BCUT2D eigenvalue weighted by Gasteiger charge is -2.13. The van der Waals surface area contributed by atoms with Crippen LogP contribution in [0.5, 0.6) is 0 Å². The summed E-state index contributed by atoms with van der Waals surface area (Å²) in [6.45, 7) is 0.781. The van der Waals surface area contributed by atoms with Crippen molar-refractivity contribution in [1.82, 2.24) is 5.32 Å². The van der Waals surface area contributed by atoms with Crippen LogP contribution in [-0.4, -0.2) is 0 Å². The molecule has 1 unspecified atom stereocenters. The van der Waals surface area contributed by atoms with Gasteiger partial charge in [-0.2, -0.15) is 0 Å². The number of hydrogen-bond donors (Lipinski definition) is 1. The Morgan fingerprint density at radius 2 is 1.94 bits per heavy atom. The third-order valence-electron chi connectivity index (χ3n) is 3.14. The highest BCUT2D eigenvalue weighted by atomic mass is 35.5. The molecule has 0 bridgehead atoms. The summed E-state index contributed by atoms with van der Waals surface area (Å²) in [6, 6.07) is 12.8. The maximum absolute atomic E-state index is 13.9. The van der Waals surface area contributed by atoms with Gasteiger partial charge in [0, 0.05) is 17.1 Å². The van der Waals surface area contributed by atoms with E-state index < -0.39 is 0 Å². The lowest BCUT2D eigenvalue weighted by Crippen LogP contribution is -2.14. The van der Waals surface area contributed by atoms with E-state index in [1.54, 1.807) is 12.1 Å². The van der Waals surface area contributed by atoms with E-state index in [4.69, 9.17) is 11.6 Å². The summed E-state index contributed by atoms with van der Waals surface area (Å²) in [4.78, 5) is 0. The molecule has 86 valence electrons. The number of benzene rings is 2. The van der Waals surface area contributed by atoms with Crippen LogP contribution in [0.15, 0.2) is 42.5 Å². The van der Waals surface area contributed by atoms with Gasteiger partial charge in [-0.1, -0.05) is 41.9 Å². The first-order chi connectivity index (χ1) is 8.25. The first kappa shape index (κ1) is 10.8. The van der Waals surface area contributed by atoms with Gasteiger partial charge >= 0.3 is 0 Å². The molecule has 0 spiro atoms. The molecule has 0 aromatic heterocycles. The van der Waals surface area contributed by atoms with E-state index in [9.17, 15) is 4.39 Å². The Bertz CT molecular complexity index is 568. The van der Waals surface area contributed by atoms with Gasteiger partial charge in [0.05, 0.1) is 6.04 Å². The van der Waals surface area contributed by atoms with Crippen molar-refractivity contribution in [3.8, 4) is 0 Å². The zero-order chi connectivity index (χ0) is 11.8. The van der Waals surface area contributed by atoms with Crippen molar-refractivity contribution in [3.05, 3.63) is 70.0 Å². The van der Waals surface area contributed by atoms with E-state index in [-0.39, 0.29) is 11.9 Å². The number of fused-ring (bicyclic) bond motifs is 1. The molecule has 0 saturated heterocycles. The Hall–Kier alpha value is -1.38. The van der Waals surface area contributed by atoms with Gasteiger partial charge in [0.25, 0.3) is 0 Å². The van der Waals surface area contributed by atoms with E-state index in [0.29, 0.717) is 10.6 Å². The SMILES string of the molecule is Fc1cc(Cl)ccc1C1NCc2ccccc21. The number of hydrogen-bond acceptors (Lipinski definition) is 1. The molecule has 1 N–H and O–H groups in total. The van der Waals surface area contributed by atoms with Crippen LogP contribution in [-0.2, 0) is 6.54 Å². The van der Waals surface area contributed by atoms with Crippen LogP contribution in [0, 0.1) is 5.82 Å². The summed E-state index contributed by atoms with van der Waals surface area (Å²) in [6.07, 6.45) is 0. The van der Waals surface area contributed by atoms with E-state index in [0.717, 1.165) is 12.1 Å². The van der Waals surface area contributed by atoms with E-state index >= 15 is 0 Å². The minimum Gasteiger partial charge on any atom is -0.302 e. The maximum atomic E-state index is 13.9. The summed E-state index contributed by atoms with van der Waals surface area (Å²) in [5.41, 5.74) is 3.03. The van der Waals surface area contributed by atoms with Crippen LogP contribution < -0.4 is 5.32 Å². The molecule has 1 nitrogen and oxygen atoms in total. The first-order valence-corrected chi connectivity index (χ1v) is 5.89. The van der Waals surface area contributed by atoms with Crippen LogP contribution in [0.3, 0.4) is 0 Å². The predicted molar refractivity (Wildman–Crippen MR) is 66.5 cm³/mol. The molecule has 0 amide bonds. The van der Waals surface area contributed by atoms with Gasteiger partial charge in [0.15, 0.2) is 0 Å². The van der Waals surface area contributed by atoms with E-state index in [2.05, 4.69) is 11.4 Å². The zero-order valence-electron chi connectivity index (χ0n) is 9.08. The number of nitrogens with one attached hydrogen (secondary N) is 1. The van der Waals surface area contributed by atoms with Crippen molar-refractivity contribution in [3.63, 3.8) is 0 Å². The third-order valence-corrected chi connectivity index (χ3v) is 3.37. The minimum absolute atomic E-state index is 0.0662. The molecule has 0 fully saturated rings. The van der Waals surface area contributed by atoms with Crippen LogP contribution in [0.1, 0.15) is 22.7 Å². The van der Waals surface area contributed by atoms with Crippen molar-refractivity contribution in [2.24, 2.45) is 0 Å². The Morgan fingerprint density at radius 3 is 2.76 bits per heavy atom. The predicted octanol–water partition coefficient (Wildman–Crippen LogP) is 3.67. The highest BCUT2D eigenvalue weighted by molar-refractivity contribution is 6.30. The van der Waals surface area contributed by atoms with E-state index in [1.165, 1.54) is 11.6 Å². The van der Waals surface area contributed by atoms with Crippen molar-refractivity contribution in [2.45, 2.75) is 12.6 Å². The lowest BCUT2D eigenvalue weighted by atomic mass is 9.98. The average Bonchev–Trinajstić information content (AvgIpc) is 2.73. The fourth-order valence-electron chi connectivity index (χ4n) is 2.31. The van der Waals surface area contributed by atoms with Crippen molar-refractivity contribution in [1.29, 1.82) is 0 Å². The maximum Gasteiger partial charge on any atom is 0.129 e. The fraction of sp³-hybridized carbons (Fsp3) is 0.143. The molecule has 1 atom stereocenters. The van der Waals surface area contributed by atoms with Crippen molar-refractivity contribution in [2.75, 3.05) is 0 Å². The highest BCUT2D eigenvalue weighted by Gasteiger charge is 2.24. The molecule has 1 aliphatic heterocycles. The summed E-state index contributed by atoms with van der Waals surface area (Å²) in [7, 11) is 0. The molecular weight excluding hydrogens is 237 g/mol. The first-order valence-electron chi connectivity index (χ1n) is 5.52. The molecule has 1 aliphatic rings. The van der Waals surface area contributed by atoms with Gasteiger partial charge in [0.2, 0.25) is 0 Å². The topological polar surface area (TPSA) is 12.0 Å². The summed E-state index contributed by atoms with van der Waals surface area (Å²) in [5.74, 6) is -0.258. The largest absolute Gasteiger partial charge is 0.302 e. The summed E-state index contributed by atoms with van der Waals surface area (Å²) >= 11 is 5.76. The third kappa shape index (κ3) is 1.84. The molecule has 0 aliphatic carbocycles. The Morgan fingerprint density at radius 1 is 1.12 bits per heavy atom. The van der Waals surface area contributed by atoms with Crippen molar-refractivity contribution >= 4 is 11.6 Å². The Kier molecular flexibility index (Phi) is 2.61. The monoisotopic (exact) mass is 247 g/mol. The minimum atomic E-state index is -0.258. The molecule has 2 aromatic rings. The lowest BCUT2D eigenvalue weighted by molar-refractivity contribution is 0.573. The van der Waals surface area contributed by atoms with Crippen molar-refractivity contribution < 1.29 is 4.39 Å². The van der Waals surface area contributed by atoms with Crippen LogP contribution in [0.4, 0.5) is 4.39 Å². The number of halogens is 2. The van der Waals surface area contributed by atoms with Gasteiger partial charge in [-0.3, -0.25) is 0 Å². The summed E-state index contributed by atoms with van der Waals surface area (Å²) < 4.78 is 13.9. The van der Waals surface area contributed by atoms with Gasteiger partial charge in [0.1, 0.15) is 5.82 Å². The standard InChI is InChI=1S/C14H11ClFN/c15-10-5-6-12(13(16)7-10)14-11-4-2-1-3-9(11)8-17-14/h1-7,14,17H,8H2. The second kappa shape index (κ2) is 4.13. The molecule has 0 saturated carbocycles. The molecule has 1 heterocycles. The van der Waals surface area contributed by atoms with Gasteiger partial charge in [-0.15, -0.1) is 0 Å². The Labute approximate surface area is 104 Å². The second-order valence-corrected chi connectivity index (χ2v) is 4.61. The van der Waals surface area contributed by atoms with Crippen LogP contribution in [0.25, 0.3) is 0 Å². The van der Waals surface area contributed by atoms with E-state index in [1.807, 2.05) is 18.2 Å². The highest BCUT2D eigenvalue weighted by Crippen LogP contribution is 2.32. The molecule has 17 heavy (non-hydrogen) atoms. The second-order valence-electron chi connectivity index (χ2n) is 4.18. The smallest absolute Gasteiger partial charge is 0.129 e. The molecule has 3 rings (SSSR count).